The maximum absolute atomic E-state index is 10.9. The van der Waals surface area contributed by atoms with E-state index in [0.717, 1.165) is 11.8 Å². The molecule has 1 aromatic carbocycles. The van der Waals surface area contributed by atoms with Crippen LogP contribution in [-0.4, -0.2) is 23.1 Å². The lowest BCUT2D eigenvalue weighted by Gasteiger charge is -2.06. The molecular weight excluding hydrogens is 266 g/mol. The molecule has 0 saturated carbocycles. The molecule has 2 rings (SSSR count). The van der Waals surface area contributed by atoms with Crippen LogP contribution < -0.4 is 0 Å². The molecule has 0 aliphatic heterocycles. The van der Waals surface area contributed by atoms with Crippen molar-refractivity contribution in [3.63, 3.8) is 0 Å². The first-order valence-electron chi connectivity index (χ1n) is 4.46. The molecule has 0 spiro atoms. The van der Waals surface area contributed by atoms with Crippen LogP contribution in [0, 0.1) is 6.92 Å². The topological polar surface area (TPSA) is 87.5 Å². The Kier molecular flexibility index (Phi) is 3.61. The summed E-state index contributed by atoms with van der Waals surface area (Å²) in [6.45, 7) is 1.79. The molecule has 2 N–H and O–H groups in total. The summed E-state index contributed by atoms with van der Waals surface area (Å²) in [5, 5.41) is 10.0. The van der Waals surface area contributed by atoms with Crippen LogP contribution in [0.15, 0.2) is 29.3 Å². The van der Waals surface area contributed by atoms with E-state index < -0.39 is 20.8 Å². The van der Waals surface area contributed by atoms with Crippen molar-refractivity contribution in [1.82, 2.24) is 4.98 Å². The predicted octanol–water partition coefficient (Wildman–Crippen LogP) is 1.92. The monoisotopic (exact) mass is 275 g/mol. The van der Waals surface area contributed by atoms with Gasteiger partial charge < -0.3 is 5.11 Å². The zero-order valence-electron chi connectivity index (χ0n) is 8.78. The summed E-state index contributed by atoms with van der Waals surface area (Å²) in [5.41, 5.74) is 1.32. The van der Waals surface area contributed by atoms with Crippen molar-refractivity contribution in [3.05, 3.63) is 30.0 Å². The Morgan fingerprint density at radius 1 is 1.29 bits per heavy atom. The van der Waals surface area contributed by atoms with Gasteiger partial charge in [-0.2, -0.15) is 8.42 Å². The van der Waals surface area contributed by atoms with Gasteiger partial charge in [0.15, 0.2) is 4.90 Å². The van der Waals surface area contributed by atoms with Gasteiger partial charge in [0, 0.05) is 5.39 Å². The first-order chi connectivity index (χ1) is 7.41. The lowest BCUT2D eigenvalue weighted by atomic mass is 10.1. The van der Waals surface area contributed by atoms with Crippen molar-refractivity contribution < 1.29 is 18.1 Å². The van der Waals surface area contributed by atoms with Gasteiger partial charge in [0.2, 0.25) is 0 Å². The van der Waals surface area contributed by atoms with Gasteiger partial charge in [-0.05, 0) is 18.6 Å². The van der Waals surface area contributed by atoms with Crippen molar-refractivity contribution in [1.29, 1.82) is 0 Å². The number of rotatable bonds is 1. The standard InChI is InChI=1S/C10H9NO4S.ClH/c1-6-3-2-4-7-9(6)11-5-8(10(7)12)16(13,14)15;/h2-5H,1H3,(H,11,12)(H,13,14,15);1H. The number of fused-ring (bicyclic) bond motifs is 1. The molecular formula is C10H10ClNO4S. The average Bonchev–Trinajstić information content (AvgIpc) is 2.18. The number of hydrogen-bond acceptors (Lipinski definition) is 4. The summed E-state index contributed by atoms with van der Waals surface area (Å²) in [5.74, 6) is -0.476. The Bertz CT molecular complexity index is 669. The molecule has 1 aromatic heterocycles. The number of para-hydroxylation sites is 1. The number of hydrogen-bond donors (Lipinski definition) is 2. The van der Waals surface area contributed by atoms with Gasteiger partial charge in [0.25, 0.3) is 10.1 Å². The van der Waals surface area contributed by atoms with Crippen LogP contribution in [0.2, 0.25) is 0 Å². The third-order valence-corrected chi connectivity index (χ3v) is 3.17. The second-order valence-electron chi connectivity index (χ2n) is 3.42. The van der Waals surface area contributed by atoms with Crippen LogP contribution in [-0.2, 0) is 10.1 Å². The van der Waals surface area contributed by atoms with Crippen molar-refractivity contribution in [3.8, 4) is 5.75 Å². The second kappa shape index (κ2) is 4.48. The zero-order valence-corrected chi connectivity index (χ0v) is 10.4. The van der Waals surface area contributed by atoms with Gasteiger partial charge in [0.05, 0.1) is 11.7 Å². The number of aryl methyl sites for hydroxylation is 1. The Morgan fingerprint density at radius 3 is 2.53 bits per heavy atom. The van der Waals surface area contributed by atoms with E-state index in [0.29, 0.717) is 10.9 Å². The van der Waals surface area contributed by atoms with Crippen LogP contribution in [0.4, 0.5) is 0 Å². The Labute approximate surface area is 104 Å². The van der Waals surface area contributed by atoms with E-state index in [1.807, 2.05) is 0 Å². The normalized spacial score (nSPS) is 11.2. The molecule has 92 valence electrons. The summed E-state index contributed by atoms with van der Waals surface area (Å²) in [6.07, 6.45) is 0.944. The number of nitrogens with zero attached hydrogens (tertiary/aromatic N) is 1. The molecule has 2 aromatic rings. The number of aromatic nitrogens is 1. The number of aromatic hydroxyl groups is 1. The minimum atomic E-state index is -4.45. The number of pyridine rings is 1. The quantitative estimate of drug-likeness (QED) is 0.776. The fourth-order valence-corrected chi connectivity index (χ4v) is 2.07. The second-order valence-corrected chi connectivity index (χ2v) is 4.81. The molecule has 17 heavy (non-hydrogen) atoms. The minimum absolute atomic E-state index is 0. The Balaban J connectivity index is 0.00000144. The van der Waals surface area contributed by atoms with Gasteiger partial charge >= 0.3 is 0 Å². The summed E-state index contributed by atoms with van der Waals surface area (Å²) < 4.78 is 30.7. The molecule has 5 nitrogen and oxygen atoms in total. The fourth-order valence-electron chi connectivity index (χ4n) is 1.53. The molecule has 0 bridgehead atoms. The van der Waals surface area contributed by atoms with E-state index in [4.69, 9.17) is 4.55 Å². The highest BCUT2D eigenvalue weighted by Crippen LogP contribution is 2.31. The van der Waals surface area contributed by atoms with E-state index in [-0.39, 0.29) is 12.4 Å². The largest absolute Gasteiger partial charge is 0.506 e. The maximum atomic E-state index is 10.9. The van der Waals surface area contributed by atoms with Crippen LogP contribution in [0.1, 0.15) is 5.56 Å². The molecule has 7 heteroatoms. The van der Waals surface area contributed by atoms with Gasteiger partial charge in [-0.1, -0.05) is 12.1 Å². The predicted molar refractivity (Wildman–Crippen MR) is 65.2 cm³/mol. The third-order valence-electron chi connectivity index (χ3n) is 2.32. The third kappa shape index (κ3) is 2.33. The first kappa shape index (κ1) is 13.7. The van der Waals surface area contributed by atoms with Crippen LogP contribution in [0.25, 0.3) is 10.9 Å². The molecule has 0 amide bonds. The highest BCUT2D eigenvalue weighted by Gasteiger charge is 2.18. The lowest BCUT2D eigenvalue weighted by molar-refractivity contribution is 0.447. The van der Waals surface area contributed by atoms with Crippen molar-refractivity contribution in [2.24, 2.45) is 0 Å². The maximum Gasteiger partial charge on any atom is 0.299 e. The lowest BCUT2D eigenvalue weighted by Crippen LogP contribution is -2.00. The van der Waals surface area contributed by atoms with E-state index in [1.165, 1.54) is 0 Å². The number of halogens is 1. The zero-order chi connectivity index (χ0) is 11.9. The van der Waals surface area contributed by atoms with E-state index in [1.54, 1.807) is 25.1 Å². The van der Waals surface area contributed by atoms with Crippen LogP contribution in [0.5, 0.6) is 5.75 Å². The molecule has 0 fully saturated rings. The van der Waals surface area contributed by atoms with E-state index >= 15 is 0 Å². The highest BCUT2D eigenvalue weighted by molar-refractivity contribution is 7.86. The molecule has 1 heterocycles. The summed E-state index contributed by atoms with van der Waals surface area (Å²) in [4.78, 5) is 3.33. The smallest absolute Gasteiger partial charge is 0.299 e. The van der Waals surface area contributed by atoms with E-state index in [2.05, 4.69) is 4.98 Å². The average molecular weight is 276 g/mol. The Hall–Kier alpha value is -1.37. The summed E-state index contributed by atoms with van der Waals surface area (Å²) in [6, 6.07) is 5.01. The SMILES string of the molecule is Cc1cccc2c(O)c(S(=O)(=O)O)cnc12.Cl. The summed E-state index contributed by atoms with van der Waals surface area (Å²) >= 11 is 0. The van der Waals surface area contributed by atoms with E-state index in [9.17, 15) is 13.5 Å². The van der Waals surface area contributed by atoms with Crippen molar-refractivity contribution >= 4 is 33.4 Å². The van der Waals surface area contributed by atoms with Gasteiger partial charge in [-0.15, -0.1) is 12.4 Å². The molecule has 0 radical (unpaired) electrons. The molecule has 0 atom stereocenters. The van der Waals surface area contributed by atoms with Gasteiger partial charge in [0.1, 0.15) is 5.75 Å². The van der Waals surface area contributed by atoms with Gasteiger partial charge in [-0.25, -0.2) is 0 Å². The number of benzene rings is 1. The van der Waals surface area contributed by atoms with Crippen molar-refractivity contribution in [2.75, 3.05) is 0 Å². The molecule has 0 saturated heterocycles. The van der Waals surface area contributed by atoms with Crippen LogP contribution in [0.3, 0.4) is 0 Å². The highest BCUT2D eigenvalue weighted by atomic mass is 35.5. The first-order valence-corrected chi connectivity index (χ1v) is 5.90. The fraction of sp³-hybridized carbons (Fsp3) is 0.100. The van der Waals surface area contributed by atoms with Gasteiger partial charge in [-0.3, -0.25) is 9.54 Å². The Morgan fingerprint density at radius 2 is 1.94 bits per heavy atom. The molecule has 0 unspecified atom stereocenters. The minimum Gasteiger partial charge on any atom is -0.506 e. The summed E-state index contributed by atoms with van der Waals surface area (Å²) in [7, 11) is -4.45. The molecule has 0 aliphatic carbocycles. The molecule has 0 aliphatic rings. The van der Waals surface area contributed by atoms with Crippen molar-refractivity contribution in [2.45, 2.75) is 11.8 Å². The van der Waals surface area contributed by atoms with Crippen LogP contribution >= 0.6 is 12.4 Å².